The number of fused-ring (bicyclic) bond motifs is 13. The third-order valence-corrected chi connectivity index (χ3v) is 10.7. The summed E-state index contributed by atoms with van der Waals surface area (Å²) in [6.45, 7) is 0. The van der Waals surface area contributed by atoms with Gasteiger partial charge in [0.25, 0.3) is 0 Å². The minimum Gasteiger partial charge on any atom is -0.456 e. The van der Waals surface area contributed by atoms with E-state index >= 15 is 0 Å². The smallest absolute Gasteiger partial charge is 0.235 e. The van der Waals surface area contributed by atoms with Crippen molar-refractivity contribution < 1.29 is 4.74 Å². The lowest BCUT2D eigenvalue weighted by Crippen LogP contribution is -2.07. The maximum Gasteiger partial charge on any atom is 0.235 e. The fraction of sp³-hybridized carbons (Fsp3) is 0. The number of para-hydroxylation sites is 2. The molecule has 0 aliphatic carbocycles. The highest BCUT2D eigenvalue weighted by atomic mass is 16.5. The lowest BCUT2D eigenvalue weighted by molar-refractivity contribution is 0.486. The first-order chi connectivity index (χ1) is 25.3. The van der Waals surface area contributed by atoms with Crippen LogP contribution in [0, 0.1) is 0 Å². The van der Waals surface area contributed by atoms with E-state index in [1.807, 2.05) is 30.3 Å². The molecule has 12 rings (SSSR count). The largest absolute Gasteiger partial charge is 0.456 e. The summed E-state index contributed by atoms with van der Waals surface area (Å²) in [5, 5.41) is 10.6. The Labute approximate surface area is 291 Å². The van der Waals surface area contributed by atoms with Crippen molar-refractivity contribution in [1.82, 2.24) is 19.1 Å². The molecule has 0 atom stereocenters. The third-order valence-electron chi connectivity index (χ3n) is 10.7. The van der Waals surface area contributed by atoms with Gasteiger partial charge in [0.05, 0.1) is 38.7 Å². The summed E-state index contributed by atoms with van der Waals surface area (Å²) >= 11 is 0. The first kappa shape index (κ1) is 26.9. The van der Waals surface area contributed by atoms with Gasteiger partial charge >= 0.3 is 0 Å². The number of hydrogen-bond donors (Lipinski definition) is 0. The van der Waals surface area contributed by atoms with Gasteiger partial charge in [-0.05, 0) is 70.1 Å². The number of nitrogens with zero attached hydrogens (tertiary/aromatic N) is 4. The molecule has 3 aromatic heterocycles. The highest BCUT2D eigenvalue weighted by molar-refractivity contribution is 6.31. The van der Waals surface area contributed by atoms with Gasteiger partial charge in [-0.15, -0.1) is 0 Å². The van der Waals surface area contributed by atoms with Gasteiger partial charge in [0, 0.05) is 32.8 Å². The van der Waals surface area contributed by atoms with E-state index in [4.69, 9.17) is 14.7 Å². The molecular formula is C46H26N4O. The second kappa shape index (κ2) is 9.80. The second-order valence-corrected chi connectivity index (χ2v) is 13.3. The van der Waals surface area contributed by atoms with Gasteiger partial charge < -0.3 is 9.30 Å². The average Bonchev–Trinajstić information content (AvgIpc) is 3.72. The zero-order valence-corrected chi connectivity index (χ0v) is 27.2. The van der Waals surface area contributed by atoms with Crippen molar-refractivity contribution in [3.63, 3.8) is 0 Å². The van der Waals surface area contributed by atoms with Crippen LogP contribution in [0.5, 0.6) is 11.5 Å². The van der Waals surface area contributed by atoms with Gasteiger partial charge in [-0.3, -0.25) is 4.57 Å². The predicted octanol–water partition coefficient (Wildman–Crippen LogP) is 11.9. The van der Waals surface area contributed by atoms with E-state index < -0.39 is 0 Å². The van der Waals surface area contributed by atoms with Crippen LogP contribution in [0.25, 0.3) is 99.0 Å². The number of rotatable bonds is 2. The van der Waals surface area contributed by atoms with Gasteiger partial charge in [-0.1, -0.05) is 109 Å². The molecule has 5 nitrogen and oxygen atoms in total. The molecule has 51 heavy (non-hydrogen) atoms. The summed E-state index contributed by atoms with van der Waals surface area (Å²) in [7, 11) is 0. The van der Waals surface area contributed by atoms with Gasteiger partial charge in [0.2, 0.25) is 5.95 Å². The quantitative estimate of drug-likeness (QED) is 0.187. The van der Waals surface area contributed by atoms with Gasteiger partial charge in [-0.2, -0.15) is 0 Å². The van der Waals surface area contributed by atoms with Crippen LogP contribution in [-0.2, 0) is 0 Å². The van der Waals surface area contributed by atoms with Crippen molar-refractivity contribution in [2.24, 2.45) is 0 Å². The summed E-state index contributed by atoms with van der Waals surface area (Å²) < 4.78 is 11.1. The summed E-state index contributed by atoms with van der Waals surface area (Å²) in [5.41, 5.74) is 8.22. The molecule has 1 aliphatic heterocycles. The number of aromatic nitrogens is 4. The van der Waals surface area contributed by atoms with Crippen LogP contribution in [0.2, 0.25) is 0 Å². The highest BCUT2D eigenvalue weighted by Gasteiger charge is 2.27. The Hall–Kier alpha value is -6.98. The SMILES string of the molecule is c1ccc(-n2c3ccc4ccccc4c3c3ccc4c5c6ccccc6ccc5n(-c5nc6c7c(cccc7n5)Oc5ccccc5-6)c4c32)cc1. The van der Waals surface area contributed by atoms with Crippen molar-refractivity contribution in [2.45, 2.75) is 0 Å². The van der Waals surface area contributed by atoms with Crippen molar-refractivity contribution in [2.75, 3.05) is 0 Å². The van der Waals surface area contributed by atoms with E-state index in [0.29, 0.717) is 5.95 Å². The normalized spacial score (nSPS) is 12.5. The Kier molecular flexibility index (Phi) is 5.17. The van der Waals surface area contributed by atoms with Gasteiger partial charge in [-0.25, -0.2) is 9.97 Å². The van der Waals surface area contributed by atoms with Crippen LogP contribution in [-0.4, -0.2) is 19.1 Å². The molecule has 0 N–H and O–H groups in total. The lowest BCUT2D eigenvalue weighted by atomic mass is 10.0. The van der Waals surface area contributed by atoms with Crippen molar-refractivity contribution in [3.8, 4) is 34.4 Å². The fourth-order valence-corrected chi connectivity index (χ4v) is 8.58. The predicted molar refractivity (Wildman–Crippen MR) is 209 cm³/mol. The molecule has 0 saturated heterocycles. The van der Waals surface area contributed by atoms with Crippen LogP contribution in [0.3, 0.4) is 0 Å². The molecule has 0 amide bonds. The molecule has 8 aromatic carbocycles. The van der Waals surface area contributed by atoms with Crippen LogP contribution in [0.1, 0.15) is 0 Å². The molecular weight excluding hydrogens is 625 g/mol. The summed E-state index contributed by atoms with van der Waals surface area (Å²) in [6, 6.07) is 55.9. The zero-order chi connectivity index (χ0) is 33.2. The van der Waals surface area contributed by atoms with E-state index in [9.17, 15) is 0 Å². The topological polar surface area (TPSA) is 44.9 Å². The number of ether oxygens (including phenoxy) is 1. The summed E-state index contributed by atoms with van der Waals surface area (Å²) in [5.74, 6) is 2.21. The highest BCUT2D eigenvalue weighted by Crippen LogP contribution is 2.48. The van der Waals surface area contributed by atoms with Crippen LogP contribution >= 0.6 is 0 Å². The molecule has 11 aromatic rings. The fourth-order valence-electron chi connectivity index (χ4n) is 8.58. The minimum absolute atomic E-state index is 0.629. The maximum absolute atomic E-state index is 6.37. The molecule has 236 valence electrons. The molecule has 5 heteroatoms. The maximum atomic E-state index is 6.37. The van der Waals surface area contributed by atoms with Gasteiger partial charge in [0.15, 0.2) is 0 Å². The van der Waals surface area contributed by atoms with E-state index in [2.05, 4.69) is 137 Å². The standard InChI is InChI=1S/C46H26N4O/c1-2-13-29(14-3-1)49-36-25-21-27-11-4-6-15-30(27)40(36)33-23-24-34-41-31-16-7-5-12-28(31)22-26-37(41)50(45(34)44(33)49)46-47-35-18-10-20-39-42(35)43(48-46)32-17-8-9-19-38(32)51-39/h1-26H. The van der Waals surface area contributed by atoms with E-state index in [1.54, 1.807) is 0 Å². The Morgan fingerprint density at radius 2 is 1.02 bits per heavy atom. The first-order valence-corrected chi connectivity index (χ1v) is 17.3. The van der Waals surface area contributed by atoms with Crippen LogP contribution < -0.4 is 4.74 Å². The zero-order valence-electron chi connectivity index (χ0n) is 27.2. The Morgan fingerprint density at radius 3 is 1.76 bits per heavy atom. The van der Waals surface area contributed by atoms with Crippen LogP contribution in [0.4, 0.5) is 0 Å². The average molecular weight is 651 g/mol. The second-order valence-electron chi connectivity index (χ2n) is 13.3. The molecule has 0 radical (unpaired) electrons. The molecule has 0 fully saturated rings. The monoisotopic (exact) mass is 650 g/mol. The third kappa shape index (κ3) is 3.54. The minimum atomic E-state index is 0.629. The Morgan fingerprint density at radius 1 is 0.412 bits per heavy atom. The van der Waals surface area contributed by atoms with Gasteiger partial charge in [0.1, 0.15) is 11.5 Å². The number of hydrogen-bond acceptors (Lipinski definition) is 3. The van der Waals surface area contributed by atoms with E-state index in [-0.39, 0.29) is 0 Å². The molecule has 1 aliphatic rings. The lowest BCUT2D eigenvalue weighted by Gasteiger charge is -2.21. The van der Waals surface area contributed by atoms with Crippen molar-refractivity contribution in [1.29, 1.82) is 0 Å². The van der Waals surface area contributed by atoms with Crippen molar-refractivity contribution in [3.05, 3.63) is 158 Å². The molecule has 0 unspecified atom stereocenters. The van der Waals surface area contributed by atoms with E-state index in [0.717, 1.165) is 66.8 Å². The molecule has 0 bridgehead atoms. The van der Waals surface area contributed by atoms with E-state index in [1.165, 1.54) is 37.7 Å². The summed E-state index contributed by atoms with van der Waals surface area (Å²) in [4.78, 5) is 10.8. The number of benzene rings is 8. The molecule has 4 heterocycles. The first-order valence-electron chi connectivity index (χ1n) is 17.3. The van der Waals surface area contributed by atoms with Crippen molar-refractivity contribution >= 4 is 76.1 Å². The molecule has 0 spiro atoms. The van der Waals surface area contributed by atoms with Crippen LogP contribution in [0.15, 0.2) is 158 Å². The Balaban J connectivity index is 1.34. The molecule has 0 saturated carbocycles. The summed E-state index contributed by atoms with van der Waals surface area (Å²) in [6.07, 6.45) is 0. The Bertz CT molecular complexity index is 3280.